The van der Waals surface area contributed by atoms with Gasteiger partial charge in [-0.05, 0) is 18.2 Å². The van der Waals surface area contributed by atoms with Crippen LogP contribution >= 0.6 is 15.9 Å². The van der Waals surface area contributed by atoms with Gasteiger partial charge in [0, 0.05) is 0 Å². The van der Waals surface area contributed by atoms with Crippen LogP contribution < -0.4 is 4.74 Å². The van der Waals surface area contributed by atoms with Crippen LogP contribution in [0, 0.1) is 11.8 Å². The van der Waals surface area contributed by atoms with Gasteiger partial charge in [-0.3, -0.25) is 0 Å². The number of benzene rings is 1. The standard InChI is InChI=1S/C11H9BrO3/c1-15-10-5-4-9(11(13)14)7-8(10)3-2-6-12/h4-5,7H,6H2,1H3,(H,13,14). The minimum absolute atomic E-state index is 0.203. The molecule has 0 amide bonds. The van der Waals surface area contributed by atoms with E-state index in [0.29, 0.717) is 16.6 Å². The quantitative estimate of drug-likeness (QED) is 0.661. The summed E-state index contributed by atoms with van der Waals surface area (Å²) in [6.45, 7) is 0. The molecule has 0 saturated heterocycles. The molecule has 0 heterocycles. The summed E-state index contributed by atoms with van der Waals surface area (Å²) in [5.41, 5.74) is 0.784. The first-order chi connectivity index (χ1) is 7.19. The van der Waals surface area contributed by atoms with Crippen LogP contribution in [0.5, 0.6) is 5.75 Å². The number of hydrogen-bond acceptors (Lipinski definition) is 2. The van der Waals surface area contributed by atoms with E-state index in [1.807, 2.05) is 0 Å². The maximum atomic E-state index is 10.7. The van der Waals surface area contributed by atoms with E-state index < -0.39 is 5.97 Å². The molecule has 1 aromatic carbocycles. The highest BCUT2D eigenvalue weighted by atomic mass is 79.9. The molecule has 1 rings (SSSR count). The maximum absolute atomic E-state index is 10.7. The topological polar surface area (TPSA) is 46.5 Å². The number of carboxylic acids is 1. The lowest BCUT2D eigenvalue weighted by Gasteiger charge is -2.03. The average molecular weight is 269 g/mol. The van der Waals surface area contributed by atoms with Crippen molar-refractivity contribution in [3.8, 4) is 17.6 Å². The summed E-state index contributed by atoms with van der Waals surface area (Å²) < 4.78 is 5.07. The Balaban J connectivity index is 3.19. The average Bonchev–Trinajstić information content (AvgIpc) is 2.25. The van der Waals surface area contributed by atoms with E-state index in [4.69, 9.17) is 9.84 Å². The normalized spacial score (nSPS) is 8.93. The minimum Gasteiger partial charge on any atom is -0.495 e. The highest BCUT2D eigenvalue weighted by Gasteiger charge is 2.06. The van der Waals surface area contributed by atoms with E-state index in [1.54, 1.807) is 6.07 Å². The molecule has 4 heteroatoms. The molecule has 0 fully saturated rings. The molecule has 0 spiro atoms. The third kappa shape index (κ3) is 3.00. The van der Waals surface area contributed by atoms with Crippen LogP contribution in [0.2, 0.25) is 0 Å². The Kier molecular flexibility index (Phi) is 4.19. The smallest absolute Gasteiger partial charge is 0.335 e. The first-order valence-electron chi connectivity index (χ1n) is 4.15. The zero-order chi connectivity index (χ0) is 11.3. The van der Waals surface area contributed by atoms with Crippen LogP contribution in [0.1, 0.15) is 15.9 Å². The molecule has 0 aliphatic heterocycles. The molecule has 15 heavy (non-hydrogen) atoms. The highest BCUT2D eigenvalue weighted by Crippen LogP contribution is 2.18. The summed E-state index contributed by atoms with van der Waals surface area (Å²) in [5, 5.41) is 9.34. The summed E-state index contributed by atoms with van der Waals surface area (Å²) >= 11 is 3.17. The van der Waals surface area contributed by atoms with Crippen molar-refractivity contribution in [3.63, 3.8) is 0 Å². The highest BCUT2D eigenvalue weighted by molar-refractivity contribution is 9.09. The molecule has 0 aliphatic carbocycles. The second-order valence-electron chi connectivity index (χ2n) is 2.66. The van der Waals surface area contributed by atoms with E-state index >= 15 is 0 Å². The molecule has 3 nitrogen and oxygen atoms in total. The van der Waals surface area contributed by atoms with Gasteiger partial charge in [-0.2, -0.15) is 0 Å². The van der Waals surface area contributed by atoms with Gasteiger partial charge in [0.25, 0.3) is 0 Å². The number of aromatic carboxylic acids is 1. The Labute approximate surface area is 96.2 Å². The van der Waals surface area contributed by atoms with Crippen molar-refractivity contribution in [2.75, 3.05) is 12.4 Å². The summed E-state index contributed by atoms with van der Waals surface area (Å²) in [4.78, 5) is 10.7. The second-order valence-corrected chi connectivity index (χ2v) is 3.22. The second kappa shape index (κ2) is 5.42. The maximum Gasteiger partial charge on any atom is 0.335 e. The van der Waals surface area contributed by atoms with E-state index in [0.717, 1.165) is 0 Å². The summed E-state index contributed by atoms with van der Waals surface area (Å²) in [7, 11) is 1.52. The third-order valence-corrected chi connectivity index (χ3v) is 2.02. The summed E-state index contributed by atoms with van der Waals surface area (Å²) in [5.74, 6) is 5.23. The fourth-order valence-corrected chi connectivity index (χ4v) is 1.21. The van der Waals surface area contributed by atoms with Crippen LogP contribution in [0.15, 0.2) is 18.2 Å². The van der Waals surface area contributed by atoms with Gasteiger partial charge in [-0.15, -0.1) is 0 Å². The van der Waals surface area contributed by atoms with Gasteiger partial charge in [0.2, 0.25) is 0 Å². The van der Waals surface area contributed by atoms with E-state index in [-0.39, 0.29) is 5.56 Å². The minimum atomic E-state index is -0.973. The molecule has 1 aromatic rings. The fraction of sp³-hybridized carbons (Fsp3) is 0.182. The van der Waals surface area contributed by atoms with Crippen LogP contribution in [0.25, 0.3) is 0 Å². The predicted molar refractivity (Wildman–Crippen MR) is 60.6 cm³/mol. The van der Waals surface area contributed by atoms with Gasteiger partial charge in [-0.1, -0.05) is 27.8 Å². The molecular weight excluding hydrogens is 260 g/mol. The van der Waals surface area contributed by atoms with E-state index in [9.17, 15) is 4.79 Å². The monoisotopic (exact) mass is 268 g/mol. The van der Waals surface area contributed by atoms with Crippen molar-refractivity contribution in [2.24, 2.45) is 0 Å². The summed E-state index contributed by atoms with van der Waals surface area (Å²) in [6, 6.07) is 4.58. The van der Waals surface area contributed by atoms with Gasteiger partial charge in [0.05, 0.1) is 23.6 Å². The lowest BCUT2D eigenvalue weighted by molar-refractivity contribution is 0.0697. The zero-order valence-electron chi connectivity index (χ0n) is 8.08. The number of methoxy groups -OCH3 is 1. The van der Waals surface area contributed by atoms with Crippen LogP contribution in [-0.2, 0) is 0 Å². The molecular formula is C11H9BrO3. The predicted octanol–water partition coefficient (Wildman–Crippen LogP) is 2.14. The van der Waals surface area contributed by atoms with Crippen molar-refractivity contribution in [3.05, 3.63) is 29.3 Å². The molecule has 78 valence electrons. The molecule has 0 saturated carbocycles. The molecule has 0 aromatic heterocycles. The fourth-order valence-electron chi connectivity index (χ4n) is 1.07. The molecule has 0 unspecified atom stereocenters. The largest absolute Gasteiger partial charge is 0.495 e. The van der Waals surface area contributed by atoms with Crippen LogP contribution in [-0.4, -0.2) is 23.5 Å². The van der Waals surface area contributed by atoms with E-state index in [2.05, 4.69) is 27.8 Å². The number of ether oxygens (including phenoxy) is 1. The number of hydrogen-bond donors (Lipinski definition) is 1. The lowest BCUT2D eigenvalue weighted by Crippen LogP contribution is -1.98. The Morgan fingerprint density at radius 2 is 2.33 bits per heavy atom. The van der Waals surface area contributed by atoms with Crippen molar-refractivity contribution < 1.29 is 14.6 Å². The van der Waals surface area contributed by atoms with Crippen molar-refractivity contribution in [1.82, 2.24) is 0 Å². The Bertz CT molecular complexity index is 429. The number of carbonyl (C=O) groups is 1. The SMILES string of the molecule is COc1ccc(C(=O)O)cc1C#CCBr. The number of rotatable bonds is 2. The Morgan fingerprint density at radius 1 is 1.60 bits per heavy atom. The van der Waals surface area contributed by atoms with Crippen LogP contribution in [0.3, 0.4) is 0 Å². The summed E-state index contributed by atoms with van der Waals surface area (Å²) in [6.07, 6.45) is 0. The van der Waals surface area contributed by atoms with Gasteiger partial charge in [0.1, 0.15) is 5.75 Å². The van der Waals surface area contributed by atoms with Gasteiger partial charge < -0.3 is 9.84 Å². The van der Waals surface area contributed by atoms with Gasteiger partial charge in [0.15, 0.2) is 0 Å². The molecule has 1 N–H and O–H groups in total. The zero-order valence-corrected chi connectivity index (χ0v) is 9.67. The first-order valence-corrected chi connectivity index (χ1v) is 5.27. The van der Waals surface area contributed by atoms with Crippen molar-refractivity contribution in [1.29, 1.82) is 0 Å². The molecule has 0 bridgehead atoms. The Morgan fingerprint density at radius 3 is 2.87 bits per heavy atom. The third-order valence-electron chi connectivity index (χ3n) is 1.74. The Hall–Kier alpha value is -1.47. The molecule has 0 radical (unpaired) electrons. The van der Waals surface area contributed by atoms with Gasteiger partial charge in [-0.25, -0.2) is 4.79 Å². The van der Waals surface area contributed by atoms with E-state index in [1.165, 1.54) is 19.2 Å². The molecule has 0 atom stereocenters. The van der Waals surface area contributed by atoms with Crippen LogP contribution in [0.4, 0.5) is 0 Å². The first kappa shape index (κ1) is 11.6. The van der Waals surface area contributed by atoms with Gasteiger partial charge >= 0.3 is 5.97 Å². The molecule has 0 aliphatic rings. The lowest BCUT2D eigenvalue weighted by atomic mass is 10.1. The number of alkyl halides is 1. The van der Waals surface area contributed by atoms with Crippen molar-refractivity contribution >= 4 is 21.9 Å². The number of halogens is 1. The van der Waals surface area contributed by atoms with Crippen molar-refractivity contribution in [2.45, 2.75) is 0 Å². The number of carboxylic acid groups (broad SMARTS) is 1.